The van der Waals surface area contributed by atoms with Gasteiger partial charge in [0.1, 0.15) is 23.5 Å². The number of anilines is 1. The number of hydrogen-bond acceptors (Lipinski definition) is 8. The van der Waals surface area contributed by atoms with E-state index in [1.165, 1.54) is 12.4 Å². The van der Waals surface area contributed by atoms with Gasteiger partial charge in [-0.15, -0.1) is 0 Å². The van der Waals surface area contributed by atoms with Gasteiger partial charge < -0.3 is 24.5 Å². The molecular weight excluding hydrogens is 455 g/mol. The number of benzene rings is 1. The Morgan fingerprint density at radius 2 is 1.97 bits per heavy atom. The number of fused-ring (bicyclic) bond motifs is 1. The average molecular weight is 473 g/mol. The summed E-state index contributed by atoms with van der Waals surface area (Å²) in [5.41, 5.74) is 0.308. The summed E-state index contributed by atoms with van der Waals surface area (Å²) in [4.78, 5) is 29.9. The molecule has 13 heteroatoms. The maximum absolute atomic E-state index is 12.9. The first-order valence-electron chi connectivity index (χ1n) is 10.3. The van der Waals surface area contributed by atoms with Crippen molar-refractivity contribution >= 4 is 22.8 Å². The third kappa shape index (κ3) is 4.55. The van der Waals surface area contributed by atoms with Crippen LogP contribution in [0.3, 0.4) is 0 Å². The number of hydrogen-bond donors (Lipinski definition) is 2. The topological polar surface area (TPSA) is 122 Å². The molecule has 1 fully saturated rings. The van der Waals surface area contributed by atoms with Gasteiger partial charge in [-0.2, -0.15) is 13.2 Å². The van der Waals surface area contributed by atoms with Gasteiger partial charge in [0, 0.05) is 25.2 Å². The minimum absolute atomic E-state index is 0.0289. The molecule has 0 spiro atoms. The van der Waals surface area contributed by atoms with Crippen LogP contribution in [0.4, 0.5) is 19.0 Å². The third-order valence-corrected chi connectivity index (χ3v) is 5.25. The van der Waals surface area contributed by atoms with E-state index in [0.717, 1.165) is 12.1 Å². The largest absolute Gasteiger partial charge is 0.416 e. The minimum atomic E-state index is -4.45. The van der Waals surface area contributed by atoms with Crippen molar-refractivity contribution in [3.05, 3.63) is 53.7 Å². The lowest BCUT2D eigenvalue weighted by Gasteiger charge is -2.27. The number of halogens is 3. The lowest BCUT2D eigenvalue weighted by Crippen LogP contribution is -2.37. The Kier molecular flexibility index (Phi) is 5.61. The van der Waals surface area contributed by atoms with Crippen LogP contribution >= 0.6 is 0 Å². The van der Waals surface area contributed by atoms with Crippen molar-refractivity contribution in [1.82, 2.24) is 30.4 Å². The molecule has 34 heavy (non-hydrogen) atoms. The van der Waals surface area contributed by atoms with Crippen LogP contribution in [0.15, 0.2) is 41.2 Å². The molecule has 0 aliphatic carbocycles. The molecule has 176 valence electrons. The van der Waals surface area contributed by atoms with E-state index in [1.54, 1.807) is 12.1 Å². The first kappa shape index (κ1) is 21.8. The fourth-order valence-electron chi connectivity index (χ4n) is 3.51. The van der Waals surface area contributed by atoms with Gasteiger partial charge in [-0.3, -0.25) is 4.79 Å². The number of imidazole rings is 1. The van der Waals surface area contributed by atoms with E-state index in [1.807, 2.05) is 4.90 Å². The van der Waals surface area contributed by atoms with Crippen molar-refractivity contribution in [2.75, 3.05) is 31.2 Å². The van der Waals surface area contributed by atoms with Gasteiger partial charge in [-0.1, -0.05) is 5.16 Å². The van der Waals surface area contributed by atoms with E-state index in [0.29, 0.717) is 49.1 Å². The maximum Gasteiger partial charge on any atom is 0.416 e. The van der Waals surface area contributed by atoms with Crippen LogP contribution in [0.5, 0.6) is 0 Å². The van der Waals surface area contributed by atoms with Gasteiger partial charge in [0.15, 0.2) is 11.6 Å². The second-order valence-electron chi connectivity index (χ2n) is 7.54. The van der Waals surface area contributed by atoms with E-state index < -0.39 is 17.6 Å². The summed E-state index contributed by atoms with van der Waals surface area (Å²) >= 11 is 0. The fourth-order valence-corrected chi connectivity index (χ4v) is 3.51. The number of morpholine rings is 1. The maximum atomic E-state index is 12.9. The number of carbonyl (C=O) groups is 1. The van der Waals surface area contributed by atoms with E-state index in [2.05, 4.69) is 30.4 Å². The van der Waals surface area contributed by atoms with E-state index >= 15 is 0 Å². The van der Waals surface area contributed by atoms with E-state index in [-0.39, 0.29) is 23.6 Å². The highest BCUT2D eigenvalue weighted by Crippen LogP contribution is 2.31. The zero-order chi connectivity index (χ0) is 23.7. The molecule has 0 bridgehead atoms. The molecule has 1 aromatic carbocycles. The summed E-state index contributed by atoms with van der Waals surface area (Å²) in [5, 5.41) is 6.59. The number of aromatic nitrogens is 5. The van der Waals surface area contributed by atoms with Gasteiger partial charge in [0.05, 0.1) is 36.4 Å². The van der Waals surface area contributed by atoms with Gasteiger partial charge in [-0.05, 0) is 18.2 Å². The summed E-state index contributed by atoms with van der Waals surface area (Å²) in [6, 6.07) is 6.39. The van der Waals surface area contributed by atoms with Crippen molar-refractivity contribution < 1.29 is 27.2 Å². The summed E-state index contributed by atoms with van der Waals surface area (Å²) < 4.78 is 49.3. The summed E-state index contributed by atoms with van der Waals surface area (Å²) in [6.07, 6.45) is -3.12. The Bertz CT molecular complexity index is 1330. The number of nitrogens with zero attached hydrogens (tertiary/aromatic N) is 5. The Morgan fingerprint density at radius 3 is 2.76 bits per heavy atom. The number of carbonyl (C=O) groups excluding carboxylic acids is 1. The molecule has 0 atom stereocenters. The van der Waals surface area contributed by atoms with Crippen LogP contribution in [0.25, 0.3) is 22.6 Å². The van der Waals surface area contributed by atoms with Crippen LogP contribution in [-0.2, 0) is 17.5 Å². The molecule has 3 aromatic heterocycles. The second kappa shape index (κ2) is 8.74. The Balaban J connectivity index is 1.26. The van der Waals surface area contributed by atoms with Gasteiger partial charge >= 0.3 is 6.18 Å². The van der Waals surface area contributed by atoms with Crippen LogP contribution in [0.2, 0.25) is 0 Å². The lowest BCUT2D eigenvalue weighted by molar-refractivity contribution is -0.137. The monoisotopic (exact) mass is 473 g/mol. The van der Waals surface area contributed by atoms with Crippen molar-refractivity contribution in [2.24, 2.45) is 0 Å². The predicted molar refractivity (Wildman–Crippen MR) is 113 cm³/mol. The number of rotatable bonds is 5. The van der Waals surface area contributed by atoms with Crippen molar-refractivity contribution in [2.45, 2.75) is 12.7 Å². The highest BCUT2D eigenvalue weighted by molar-refractivity contribution is 5.92. The molecule has 1 aliphatic rings. The molecule has 0 unspecified atom stereocenters. The predicted octanol–water partition coefficient (Wildman–Crippen LogP) is 2.79. The highest BCUT2D eigenvalue weighted by Gasteiger charge is 2.30. The zero-order valence-electron chi connectivity index (χ0n) is 17.6. The van der Waals surface area contributed by atoms with Gasteiger partial charge in [0.2, 0.25) is 0 Å². The van der Waals surface area contributed by atoms with Crippen LogP contribution < -0.4 is 10.2 Å². The summed E-state index contributed by atoms with van der Waals surface area (Å²) in [5.74, 6) is 0.811. The van der Waals surface area contributed by atoms with E-state index in [4.69, 9.17) is 9.26 Å². The molecule has 4 heterocycles. The molecule has 10 nitrogen and oxygen atoms in total. The standard InChI is InChI=1S/C21H18F3N7O3/c22-21(23,24)12-1-2-14-15(7-12)29-19(28-14)16-8-13(34-30-16)10-25-20(32)17-9-18(27-11-26-17)31-3-5-33-6-4-31/h1-2,7-9,11H,3-6,10H2,(H,25,32)(H,28,29). The van der Waals surface area contributed by atoms with Crippen molar-refractivity contribution in [3.8, 4) is 11.5 Å². The molecule has 0 saturated carbocycles. The fraction of sp³-hybridized carbons (Fsp3) is 0.286. The molecule has 5 rings (SSSR count). The number of ether oxygens (including phenoxy) is 1. The molecule has 2 N–H and O–H groups in total. The first-order chi connectivity index (χ1) is 16.4. The summed E-state index contributed by atoms with van der Waals surface area (Å²) in [7, 11) is 0. The highest BCUT2D eigenvalue weighted by atomic mass is 19.4. The third-order valence-electron chi connectivity index (χ3n) is 5.25. The Morgan fingerprint density at radius 1 is 1.15 bits per heavy atom. The molecule has 1 saturated heterocycles. The molecule has 0 radical (unpaired) electrons. The number of aromatic amines is 1. The first-order valence-corrected chi connectivity index (χ1v) is 10.3. The number of alkyl halides is 3. The second-order valence-corrected chi connectivity index (χ2v) is 7.54. The molecule has 1 amide bonds. The number of amides is 1. The quantitative estimate of drug-likeness (QED) is 0.454. The summed E-state index contributed by atoms with van der Waals surface area (Å²) in [6.45, 7) is 2.57. The Hall–Kier alpha value is -4.00. The average Bonchev–Trinajstić information content (AvgIpc) is 3.49. The molecule has 1 aliphatic heterocycles. The number of H-pyrrole nitrogens is 1. The van der Waals surface area contributed by atoms with E-state index in [9.17, 15) is 18.0 Å². The smallest absolute Gasteiger partial charge is 0.378 e. The van der Waals surface area contributed by atoms with Crippen LogP contribution in [0.1, 0.15) is 21.8 Å². The SMILES string of the molecule is O=C(NCc1cc(-c2nc3ccc(C(F)(F)F)cc3[nH]2)no1)c1cc(N2CCOCC2)ncn1. The normalized spacial score (nSPS) is 14.5. The number of nitrogens with one attached hydrogen (secondary N) is 2. The van der Waals surface area contributed by atoms with Crippen LogP contribution in [0, 0.1) is 0 Å². The van der Waals surface area contributed by atoms with Gasteiger partial charge in [-0.25, -0.2) is 15.0 Å². The van der Waals surface area contributed by atoms with Crippen molar-refractivity contribution in [1.29, 1.82) is 0 Å². The minimum Gasteiger partial charge on any atom is -0.378 e. The van der Waals surface area contributed by atoms with Gasteiger partial charge in [0.25, 0.3) is 5.91 Å². The Labute approximate surface area is 190 Å². The van der Waals surface area contributed by atoms with Crippen LogP contribution in [-0.4, -0.2) is 57.3 Å². The zero-order valence-corrected chi connectivity index (χ0v) is 17.6. The molecule has 4 aromatic rings. The molecular formula is C21H18F3N7O3. The van der Waals surface area contributed by atoms with Crippen molar-refractivity contribution in [3.63, 3.8) is 0 Å². The lowest BCUT2D eigenvalue weighted by atomic mass is 10.2.